The Morgan fingerprint density at radius 3 is 2.30 bits per heavy atom. The van der Waals surface area contributed by atoms with Gasteiger partial charge in [0, 0.05) is 10.4 Å². The third-order valence-electron chi connectivity index (χ3n) is 2.75. The predicted octanol–water partition coefficient (Wildman–Crippen LogP) is 2.56. The average Bonchev–Trinajstić information content (AvgIpc) is 2.63. The normalized spacial score (nSPS) is 11.3. The maximum atomic E-state index is 12.6. The van der Waals surface area contributed by atoms with Crippen molar-refractivity contribution in [3.63, 3.8) is 0 Å². The number of carbonyl (C=O) groups excluding carboxylic acids is 2. The highest BCUT2D eigenvalue weighted by molar-refractivity contribution is 7.11. The van der Waals surface area contributed by atoms with Gasteiger partial charge in [0.05, 0.1) is 11.6 Å². The van der Waals surface area contributed by atoms with Gasteiger partial charge in [-0.05, 0) is 41.5 Å². The summed E-state index contributed by atoms with van der Waals surface area (Å²) in [7, 11) is 0. The van der Waals surface area contributed by atoms with Crippen LogP contribution in [0.5, 0.6) is 0 Å². The van der Waals surface area contributed by atoms with Gasteiger partial charge in [0.25, 0.3) is 5.91 Å². The molecule has 0 spiro atoms. The van der Waals surface area contributed by atoms with E-state index in [-0.39, 0.29) is 12.5 Å². The minimum Gasteiger partial charge on any atom is -0.465 e. The first-order valence-corrected chi connectivity index (χ1v) is 7.40. The molecule has 1 amide bonds. The number of nitrogens with zero attached hydrogens (tertiary/aromatic N) is 2. The van der Waals surface area contributed by atoms with E-state index in [0.29, 0.717) is 12.3 Å². The first kappa shape index (κ1) is 16.6. The molecule has 0 saturated carbocycles. The molecule has 6 heteroatoms. The number of ether oxygens (including phenoxy) is 1. The molecule has 20 heavy (non-hydrogen) atoms. The fourth-order valence-electron chi connectivity index (χ4n) is 1.80. The maximum absolute atomic E-state index is 12.6. The number of aromatic nitrogens is 1. The van der Waals surface area contributed by atoms with E-state index in [1.165, 1.54) is 16.2 Å². The summed E-state index contributed by atoms with van der Waals surface area (Å²) < 4.78 is 4.94. The molecule has 0 atom stereocenters. The molecule has 112 valence electrons. The number of hydrogen-bond donors (Lipinski definition) is 0. The molecule has 0 saturated heterocycles. The third-order valence-corrected chi connectivity index (χ3v) is 3.64. The largest absolute Gasteiger partial charge is 0.465 e. The van der Waals surface area contributed by atoms with Crippen LogP contribution in [0, 0.1) is 13.8 Å². The lowest BCUT2D eigenvalue weighted by Crippen LogP contribution is -2.48. The van der Waals surface area contributed by atoms with Crippen molar-refractivity contribution in [1.82, 2.24) is 9.88 Å². The van der Waals surface area contributed by atoms with Crippen LogP contribution in [0.4, 0.5) is 0 Å². The molecule has 0 unspecified atom stereocenters. The van der Waals surface area contributed by atoms with Crippen molar-refractivity contribution in [3.8, 4) is 0 Å². The van der Waals surface area contributed by atoms with E-state index in [1.54, 1.807) is 6.92 Å². The Morgan fingerprint density at radius 2 is 1.90 bits per heavy atom. The predicted molar refractivity (Wildman–Crippen MR) is 79.0 cm³/mol. The molecule has 1 heterocycles. The van der Waals surface area contributed by atoms with Crippen molar-refractivity contribution in [1.29, 1.82) is 0 Å². The Bertz CT molecular complexity index is 503. The second-order valence-electron chi connectivity index (χ2n) is 5.50. The number of aryl methyl sites for hydroxylation is 2. The SMILES string of the molecule is CCOC(=O)CN(C(=O)c1nc(C)sc1C)C(C)(C)C. The lowest BCUT2D eigenvalue weighted by molar-refractivity contribution is -0.144. The average molecular weight is 298 g/mol. The van der Waals surface area contributed by atoms with Gasteiger partial charge >= 0.3 is 5.97 Å². The van der Waals surface area contributed by atoms with Crippen LogP contribution in [-0.4, -0.2) is 40.5 Å². The highest BCUT2D eigenvalue weighted by Crippen LogP contribution is 2.22. The molecule has 0 aliphatic rings. The van der Waals surface area contributed by atoms with Crippen molar-refractivity contribution in [2.45, 2.75) is 47.1 Å². The van der Waals surface area contributed by atoms with Gasteiger partial charge in [0.2, 0.25) is 0 Å². The first-order chi connectivity index (χ1) is 9.16. The molecule has 0 radical (unpaired) electrons. The highest BCUT2D eigenvalue weighted by atomic mass is 32.1. The Balaban J connectivity index is 3.03. The zero-order valence-corrected chi connectivity index (χ0v) is 13.8. The van der Waals surface area contributed by atoms with Crippen molar-refractivity contribution >= 4 is 23.2 Å². The fourth-order valence-corrected chi connectivity index (χ4v) is 2.61. The molecule has 0 bridgehead atoms. The molecule has 0 N–H and O–H groups in total. The number of rotatable bonds is 4. The van der Waals surface area contributed by atoms with E-state index >= 15 is 0 Å². The number of esters is 1. The molecule has 0 aliphatic carbocycles. The van der Waals surface area contributed by atoms with E-state index in [2.05, 4.69) is 4.98 Å². The third kappa shape index (κ3) is 4.03. The molecule has 1 rings (SSSR count). The first-order valence-electron chi connectivity index (χ1n) is 6.58. The summed E-state index contributed by atoms with van der Waals surface area (Å²) in [5, 5.41) is 0.843. The van der Waals surface area contributed by atoms with Crippen molar-refractivity contribution in [3.05, 3.63) is 15.6 Å². The van der Waals surface area contributed by atoms with Crippen molar-refractivity contribution < 1.29 is 14.3 Å². The number of hydrogen-bond acceptors (Lipinski definition) is 5. The van der Waals surface area contributed by atoms with Gasteiger partial charge in [-0.1, -0.05) is 0 Å². The summed E-state index contributed by atoms with van der Waals surface area (Å²) in [4.78, 5) is 31.0. The minimum absolute atomic E-state index is 0.0633. The summed E-state index contributed by atoms with van der Waals surface area (Å²) in [5.41, 5.74) is -0.0555. The Morgan fingerprint density at radius 1 is 1.30 bits per heavy atom. The second kappa shape index (κ2) is 6.35. The Labute approximate surface area is 124 Å². The van der Waals surface area contributed by atoms with Gasteiger partial charge in [-0.15, -0.1) is 11.3 Å². The lowest BCUT2D eigenvalue weighted by Gasteiger charge is -2.34. The van der Waals surface area contributed by atoms with Crippen LogP contribution < -0.4 is 0 Å². The number of thiazole rings is 1. The molecular formula is C14H22N2O3S. The van der Waals surface area contributed by atoms with Crippen LogP contribution >= 0.6 is 11.3 Å². The van der Waals surface area contributed by atoms with E-state index in [0.717, 1.165) is 9.88 Å². The maximum Gasteiger partial charge on any atom is 0.325 e. The quantitative estimate of drug-likeness (QED) is 0.802. The van der Waals surface area contributed by atoms with Gasteiger partial charge < -0.3 is 9.64 Å². The Kier molecular flexibility index (Phi) is 5.28. The highest BCUT2D eigenvalue weighted by Gasteiger charge is 2.31. The van der Waals surface area contributed by atoms with Crippen LogP contribution in [0.3, 0.4) is 0 Å². The second-order valence-corrected chi connectivity index (χ2v) is 6.91. The van der Waals surface area contributed by atoms with Crippen molar-refractivity contribution in [2.75, 3.05) is 13.2 Å². The van der Waals surface area contributed by atoms with Gasteiger partial charge in [-0.3, -0.25) is 9.59 Å². The standard InChI is InChI=1S/C14H22N2O3S/c1-7-19-11(17)8-16(14(4,5)6)13(18)12-9(2)20-10(3)15-12/h7-8H2,1-6H3. The van der Waals surface area contributed by atoms with Gasteiger partial charge in [0.15, 0.2) is 0 Å². The summed E-state index contributed by atoms with van der Waals surface area (Å²) >= 11 is 1.48. The van der Waals surface area contributed by atoms with Gasteiger partial charge in [-0.25, -0.2) is 4.98 Å². The van der Waals surface area contributed by atoms with E-state index < -0.39 is 11.5 Å². The molecule has 0 aromatic carbocycles. The molecule has 5 nitrogen and oxygen atoms in total. The smallest absolute Gasteiger partial charge is 0.325 e. The van der Waals surface area contributed by atoms with E-state index in [4.69, 9.17) is 4.74 Å². The molecule has 1 aromatic heterocycles. The molecule has 1 aromatic rings. The zero-order chi connectivity index (χ0) is 15.5. The zero-order valence-electron chi connectivity index (χ0n) is 12.9. The van der Waals surface area contributed by atoms with Crippen LogP contribution in [0.1, 0.15) is 48.1 Å². The van der Waals surface area contributed by atoms with E-state index in [9.17, 15) is 9.59 Å². The summed E-state index contributed by atoms with van der Waals surface area (Å²) in [6, 6.07) is 0. The topological polar surface area (TPSA) is 59.5 Å². The fraction of sp³-hybridized carbons (Fsp3) is 0.643. The molecule has 0 aliphatic heterocycles. The molecule has 0 fully saturated rings. The van der Waals surface area contributed by atoms with Gasteiger partial charge in [0.1, 0.15) is 12.2 Å². The Hall–Kier alpha value is -1.43. The van der Waals surface area contributed by atoms with Crippen LogP contribution in [-0.2, 0) is 9.53 Å². The van der Waals surface area contributed by atoms with Gasteiger partial charge in [-0.2, -0.15) is 0 Å². The number of carbonyl (C=O) groups is 2. The van der Waals surface area contributed by atoms with Crippen LogP contribution in [0.2, 0.25) is 0 Å². The summed E-state index contributed by atoms with van der Waals surface area (Å²) in [6.07, 6.45) is 0. The minimum atomic E-state index is -0.478. The monoisotopic (exact) mass is 298 g/mol. The summed E-state index contributed by atoms with van der Waals surface area (Å²) in [5.74, 6) is -0.632. The summed E-state index contributed by atoms with van der Waals surface area (Å²) in [6.45, 7) is 11.4. The van der Waals surface area contributed by atoms with Crippen LogP contribution in [0.25, 0.3) is 0 Å². The van der Waals surface area contributed by atoms with E-state index in [1.807, 2.05) is 34.6 Å². The van der Waals surface area contributed by atoms with Crippen LogP contribution in [0.15, 0.2) is 0 Å². The number of amides is 1. The lowest BCUT2D eigenvalue weighted by atomic mass is 10.1. The van der Waals surface area contributed by atoms with Crippen molar-refractivity contribution in [2.24, 2.45) is 0 Å². The molecular weight excluding hydrogens is 276 g/mol.